The molecule has 0 fully saturated rings. The maximum Gasteiger partial charge on any atom is 0.225 e. The van der Waals surface area contributed by atoms with Gasteiger partial charge in [-0.2, -0.15) is 5.26 Å². The summed E-state index contributed by atoms with van der Waals surface area (Å²) >= 11 is 0. The molecule has 1 atom stereocenters. The highest BCUT2D eigenvalue weighted by Gasteiger charge is 2.28. The van der Waals surface area contributed by atoms with Crippen molar-refractivity contribution in [1.82, 2.24) is 0 Å². The number of anilines is 2. The smallest absolute Gasteiger partial charge is 0.225 e. The predicted octanol–water partition coefficient (Wildman–Crippen LogP) is 3.39. The molecular formula is C20H19N3O3. The molecule has 0 saturated carbocycles. The molecule has 6 heteroatoms. The van der Waals surface area contributed by atoms with Crippen molar-refractivity contribution in [2.45, 2.75) is 25.7 Å². The Morgan fingerprint density at radius 2 is 2.08 bits per heavy atom. The SMILES string of the molecule is CCC(=O)Nc1cc2c(cc1OC)C(c1ccc(C#N)cc1)CC(=O)N2. The second-order valence-corrected chi connectivity index (χ2v) is 6.08. The van der Waals surface area contributed by atoms with Gasteiger partial charge in [-0.05, 0) is 35.4 Å². The first-order valence-electron chi connectivity index (χ1n) is 8.37. The van der Waals surface area contributed by atoms with Crippen LogP contribution in [0.5, 0.6) is 5.75 Å². The molecule has 0 spiro atoms. The fourth-order valence-electron chi connectivity index (χ4n) is 3.08. The summed E-state index contributed by atoms with van der Waals surface area (Å²) in [6.45, 7) is 1.77. The van der Waals surface area contributed by atoms with E-state index in [1.807, 2.05) is 18.2 Å². The van der Waals surface area contributed by atoms with E-state index in [1.165, 1.54) is 0 Å². The zero-order valence-electron chi connectivity index (χ0n) is 14.6. The topological polar surface area (TPSA) is 91.2 Å². The highest BCUT2D eigenvalue weighted by atomic mass is 16.5. The number of fused-ring (bicyclic) bond motifs is 1. The van der Waals surface area contributed by atoms with E-state index in [0.29, 0.717) is 35.5 Å². The number of nitriles is 1. The van der Waals surface area contributed by atoms with E-state index in [4.69, 9.17) is 10.00 Å². The first kappa shape index (κ1) is 17.5. The molecule has 1 unspecified atom stereocenters. The predicted molar refractivity (Wildman–Crippen MR) is 98.2 cm³/mol. The maximum absolute atomic E-state index is 12.2. The third kappa shape index (κ3) is 3.38. The summed E-state index contributed by atoms with van der Waals surface area (Å²) in [4.78, 5) is 23.9. The summed E-state index contributed by atoms with van der Waals surface area (Å²) in [5.41, 5.74) is 3.62. The average Bonchev–Trinajstić information content (AvgIpc) is 2.66. The van der Waals surface area contributed by atoms with Gasteiger partial charge in [0.2, 0.25) is 11.8 Å². The number of hydrogen-bond acceptors (Lipinski definition) is 4. The number of ether oxygens (including phenoxy) is 1. The van der Waals surface area contributed by atoms with Gasteiger partial charge in [-0.15, -0.1) is 0 Å². The zero-order chi connectivity index (χ0) is 18.7. The number of carbonyl (C=O) groups is 2. The van der Waals surface area contributed by atoms with Crippen LogP contribution in [0.25, 0.3) is 0 Å². The maximum atomic E-state index is 12.2. The molecule has 0 saturated heterocycles. The number of carbonyl (C=O) groups excluding carboxylic acids is 2. The minimum Gasteiger partial charge on any atom is -0.495 e. The molecule has 0 bridgehead atoms. The normalized spacial score (nSPS) is 15.4. The van der Waals surface area contributed by atoms with E-state index in [1.54, 1.807) is 32.2 Å². The van der Waals surface area contributed by atoms with Crippen molar-refractivity contribution in [2.75, 3.05) is 17.7 Å². The van der Waals surface area contributed by atoms with Crippen LogP contribution in [0.2, 0.25) is 0 Å². The summed E-state index contributed by atoms with van der Waals surface area (Å²) in [5.74, 6) is 0.176. The number of benzene rings is 2. The van der Waals surface area contributed by atoms with Crippen molar-refractivity contribution in [2.24, 2.45) is 0 Å². The molecule has 1 aliphatic rings. The van der Waals surface area contributed by atoms with Crippen molar-refractivity contribution in [3.05, 3.63) is 53.1 Å². The van der Waals surface area contributed by atoms with Gasteiger partial charge in [0.1, 0.15) is 5.75 Å². The minimum atomic E-state index is -0.142. The van der Waals surface area contributed by atoms with Gasteiger partial charge in [0, 0.05) is 24.4 Å². The summed E-state index contributed by atoms with van der Waals surface area (Å²) < 4.78 is 5.43. The molecule has 2 N–H and O–H groups in total. The Balaban J connectivity index is 2.05. The molecular weight excluding hydrogens is 330 g/mol. The Kier molecular flexibility index (Phi) is 4.90. The molecule has 2 aromatic rings. The molecule has 3 rings (SSSR count). The Morgan fingerprint density at radius 3 is 2.69 bits per heavy atom. The van der Waals surface area contributed by atoms with Crippen molar-refractivity contribution in [1.29, 1.82) is 5.26 Å². The van der Waals surface area contributed by atoms with Crippen LogP contribution in [-0.2, 0) is 9.59 Å². The lowest BCUT2D eigenvalue weighted by molar-refractivity contribution is -0.117. The third-order valence-corrected chi connectivity index (χ3v) is 4.45. The fourth-order valence-corrected chi connectivity index (χ4v) is 3.08. The molecule has 0 aliphatic carbocycles. The van der Waals surface area contributed by atoms with Gasteiger partial charge in [0.05, 0.1) is 24.4 Å². The van der Waals surface area contributed by atoms with Crippen LogP contribution < -0.4 is 15.4 Å². The Morgan fingerprint density at radius 1 is 1.35 bits per heavy atom. The first-order chi connectivity index (χ1) is 12.5. The molecule has 1 aliphatic heterocycles. The van der Waals surface area contributed by atoms with E-state index in [9.17, 15) is 9.59 Å². The van der Waals surface area contributed by atoms with Gasteiger partial charge in [-0.25, -0.2) is 0 Å². The van der Waals surface area contributed by atoms with Gasteiger partial charge >= 0.3 is 0 Å². The molecule has 0 aromatic heterocycles. The van der Waals surface area contributed by atoms with Gasteiger partial charge in [0.25, 0.3) is 0 Å². The van der Waals surface area contributed by atoms with Crippen molar-refractivity contribution in [3.8, 4) is 11.8 Å². The summed E-state index contributed by atoms with van der Waals surface area (Å²) in [6.07, 6.45) is 0.656. The second-order valence-electron chi connectivity index (χ2n) is 6.08. The lowest BCUT2D eigenvalue weighted by Gasteiger charge is -2.27. The minimum absolute atomic E-state index is 0.0928. The van der Waals surface area contributed by atoms with Crippen LogP contribution in [0, 0.1) is 11.3 Å². The summed E-state index contributed by atoms with van der Waals surface area (Å²) in [5, 5.41) is 14.6. The van der Waals surface area contributed by atoms with Crippen LogP contribution in [-0.4, -0.2) is 18.9 Å². The number of rotatable bonds is 4. The summed E-state index contributed by atoms with van der Waals surface area (Å²) in [7, 11) is 1.54. The van der Waals surface area contributed by atoms with Crippen molar-refractivity contribution >= 4 is 23.2 Å². The molecule has 0 radical (unpaired) electrons. The Labute approximate surface area is 151 Å². The Hall–Kier alpha value is -3.33. The third-order valence-electron chi connectivity index (χ3n) is 4.45. The number of hydrogen-bond donors (Lipinski definition) is 2. The number of amides is 2. The van der Waals surface area contributed by atoms with E-state index in [2.05, 4.69) is 16.7 Å². The van der Waals surface area contributed by atoms with Crippen LogP contribution in [0.4, 0.5) is 11.4 Å². The largest absolute Gasteiger partial charge is 0.495 e. The molecule has 6 nitrogen and oxygen atoms in total. The highest BCUT2D eigenvalue weighted by molar-refractivity contribution is 5.98. The number of nitrogens with one attached hydrogen (secondary N) is 2. The van der Waals surface area contributed by atoms with Gasteiger partial charge in [-0.1, -0.05) is 19.1 Å². The monoisotopic (exact) mass is 349 g/mol. The van der Waals surface area contributed by atoms with Gasteiger partial charge < -0.3 is 15.4 Å². The standard InChI is InChI=1S/C20H19N3O3/c1-3-19(24)23-17-10-16-15(8-18(17)26-2)14(9-20(25)22-16)13-6-4-12(11-21)5-7-13/h4-8,10,14H,3,9H2,1-2H3,(H,22,25)(H,23,24). The van der Waals surface area contributed by atoms with E-state index >= 15 is 0 Å². The molecule has 132 valence electrons. The highest BCUT2D eigenvalue weighted by Crippen LogP contribution is 2.42. The molecule has 2 aromatic carbocycles. The van der Waals surface area contributed by atoms with Crippen LogP contribution in [0.1, 0.15) is 42.4 Å². The van der Waals surface area contributed by atoms with Gasteiger partial charge in [0.15, 0.2) is 0 Å². The first-order valence-corrected chi connectivity index (χ1v) is 8.37. The summed E-state index contributed by atoms with van der Waals surface area (Å²) in [6, 6.07) is 12.9. The average molecular weight is 349 g/mol. The number of methoxy groups -OCH3 is 1. The van der Waals surface area contributed by atoms with Gasteiger partial charge in [-0.3, -0.25) is 9.59 Å². The van der Waals surface area contributed by atoms with E-state index in [-0.39, 0.29) is 17.7 Å². The molecule has 2 amide bonds. The van der Waals surface area contributed by atoms with E-state index in [0.717, 1.165) is 11.1 Å². The quantitative estimate of drug-likeness (QED) is 0.885. The molecule has 26 heavy (non-hydrogen) atoms. The lowest BCUT2D eigenvalue weighted by Crippen LogP contribution is -2.24. The van der Waals surface area contributed by atoms with E-state index < -0.39 is 0 Å². The number of nitrogens with zero attached hydrogens (tertiary/aromatic N) is 1. The van der Waals surface area contributed by atoms with Crippen molar-refractivity contribution < 1.29 is 14.3 Å². The fraction of sp³-hybridized carbons (Fsp3) is 0.250. The van der Waals surface area contributed by atoms with Crippen LogP contribution in [0.15, 0.2) is 36.4 Å². The zero-order valence-corrected chi connectivity index (χ0v) is 14.6. The lowest BCUT2D eigenvalue weighted by atomic mass is 9.84. The molecule has 1 heterocycles. The van der Waals surface area contributed by atoms with Crippen LogP contribution in [0.3, 0.4) is 0 Å². The second kappa shape index (κ2) is 7.28. The Bertz CT molecular complexity index is 898. The van der Waals surface area contributed by atoms with Crippen molar-refractivity contribution in [3.63, 3.8) is 0 Å². The van der Waals surface area contributed by atoms with Crippen LogP contribution >= 0.6 is 0 Å².